The lowest BCUT2D eigenvalue weighted by Crippen LogP contribution is -2.08. The molecule has 0 aliphatic carbocycles. The van der Waals surface area contributed by atoms with Gasteiger partial charge >= 0.3 is 5.97 Å². The van der Waals surface area contributed by atoms with E-state index in [1.807, 2.05) is 24.3 Å². The molecule has 0 amide bonds. The zero-order valence-corrected chi connectivity index (χ0v) is 9.23. The summed E-state index contributed by atoms with van der Waals surface area (Å²) in [5.41, 5.74) is 1.23. The van der Waals surface area contributed by atoms with Crippen LogP contribution in [0.5, 0.6) is 5.75 Å². The molecule has 0 saturated heterocycles. The fourth-order valence-electron chi connectivity index (χ4n) is 1.66. The Morgan fingerprint density at radius 2 is 2.25 bits per heavy atom. The summed E-state index contributed by atoms with van der Waals surface area (Å²) in [6.07, 6.45) is 3.65. The molecule has 3 heteroatoms. The topological polar surface area (TPSA) is 35.5 Å². The number of fused-ring (bicyclic) bond motifs is 1. The van der Waals surface area contributed by atoms with Gasteiger partial charge in [0.2, 0.25) is 0 Å². The maximum atomic E-state index is 10.6. The summed E-state index contributed by atoms with van der Waals surface area (Å²) in [5, 5.41) is 0. The average molecular weight is 218 g/mol. The summed E-state index contributed by atoms with van der Waals surface area (Å²) >= 11 is 0. The Kier molecular flexibility index (Phi) is 3.25. The minimum absolute atomic E-state index is 0.270. The highest BCUT2D eigenvalue weighted by atomic mass is 16.5. The van der Waals surface area contributed by atoms with Crippen LogP contribution in [0.3, 0.4) is 0 Å². The molecular weight excluding hydrogens is 204 g/mol. The number of carbonyl (C=O) groups is 1. The minimum Gasteiger partial charge on any atom is -0.462 e. The smallest absolute Gasteiger partial charge is 0.302 e. The number of hydrogen-bond acceptors (Lipinski definition) is 3. The highest BCUT2D eigenvalue weighted by Gasteiger charge is 2.13. The van der Waals surface area contributed by atoms with Gasteiger partial charge < -0.3 is 9.47 Å². The normalized spacial score (nSPS) is 16.4. The lowest BCUT2D eigenvalue weighted by atomic mass is 10.1. The van der Waals surface area contributed by atoms with Gasteiger partial charge in [-0.15, -0.1) is 0 Å². The average Bonchev–Trinajstić information content (AvgIpc) is 2.28. The van der Waals surface area contributed by atoms with Crippen molar-refractivity contribution in [2.75, 3.05) is 6.61 Å². The molecule has 0 spiro atoms. The molecule has 0 fully saturated rings. The molecule has 1 aliphatic heterocycles. The van der Waals surface area contributed by atoms with Crippen molar-refractivity contribution in [1.29, 1.82) is 0 Å². The van der Waals surface area contributed by atoms with Crippen molar-refractivity contribution < 1.29 is 14.3 Å². The number of allylic oxidation sites excluding steroid dienone is 1. The van der Waals surface area contributed by atoms with Gasteiger partial charge in [0, 0.05) is 13.3 Å². The first kappa shape index (κ1) is 10.7. The molecule has 16 heavy (non-hydrogen) atoms. The van der Waals surface area contributed by atoms with Crippen LogP contribution in [-0.2, 0) is 16.0 Å². The van der Waals surface area contributed by atoms with Gasteiger partial charge in [-0.25, -0.2) is 0 Å². The molecule has 0 unspecified atom stereocenters. The van der Waals surface area contributed by atoms with Gasteiger partial charge in [-0.3, -0.25) is 4.79 Å². The van der Waals surface area contributed by atoms with Gasteiger partial charge in [-0.2, -0.15) is 0 Å². The van der Waals surface area contributed by atoms with Crippen LogP contribution in [0.4, 0.5) is 0 Å². The summed E-state index contributed by atoms with van der Waals surface area (Å²) in [7, 11) is 0. The highest BCUT2D eigenvalue weighted by Crippen LogP contribution is 2.28. The fourth-order valence-corrected chi connectivity index (χ4v) is 1.66. The Balaban J connectivity index is 1.99. The SMILES string of the molecule is CC(=O)OCC=C1CCc2ccccc2O1. The summed E-state index contributed by atoms with van der Waals surface area (Å²) in [6, 6.07) is 7.98. The largest absolute Gasteiger partial charge is 0.462 e. The van der Waals surface area contributed by atoms with E-state index in [-0.39, 0.29) is 12.6 Å². The van der Waals surface area contributed by atoms with E-state index >= 15 is 0 Å². The maximum Gasteiger partial charge on any atom is 0.302 e. The molecule has 0 atom stereocenters. The number of carbonyl (C=O) groups excluding carboxylic acids is 1. The van der Waals surface area contributed by atoms with Crippen LogP contribution in [-0.4, -0.2) is 12.6 Å². The summed E-state index contributed by atoms with van der Waals surface area (Å²) in [6.45, 7) is 1.68. The number of aryl methyl sites for hydroxylation is 1. The van der Waals surface area contributed by atoms with Gasteiger partial charge in [-0.05, 0) is 24.1 Å². The summed E-state index contributed by atoms with van der Waals surface area (Å²) in [5.74, 6) is 1.51. The Bertz CT molecular complexity index is 421. The van der Waals surface area contributed by atoms with Crippen molar-refractivity contribution in [2.24, 2.45) is 0 Å². The van der Waals surface area contributed by atoms with Crippen LogP contribution in [0.25, 0.3) is 0 Å². The lowest BCUT2D eigenvalue weighted by molar-refractivity contribution is -0.139. The van der Waals surface area contributed by atoms with Gasteiger partial charge in [0.05, 0.1) is 0 Å². The molecule has 84 valence electrons. The molecule has 0 radical (unpaired) electrons. The van der Waals surface area contributed by atoms with E-state index in [2.05, 4.69) is 6.07 Å². The highest BCUT2D eigenvalue weighted by molar-refractivity contribution is 5.66. The Morgan fingerprint density at radius 1 is 1.44 bits per heavy atom. The molecular formula is C13H14O3. The molecule has 1 heterocycles. The third kappa shape index (κ3) is 2.63. The third-order valence-corrected chi connectivity index (χ3v) is 2.45. The fraction of sp³-hybridized carbons (Fsp3) is 0.308. The maximum absolute atomic E-state index is 10.6. The second-order valence-corrected chi connectivity index (χ2v) is 3.68. The van der Waals surface area contributed by atoms with Gasteiger partial charge in [-0.1, -0.05) is 18.2 Å². The Morgan fingerprint density at radius 3 is 3.06 bits per heavy atom. The van der Waals surface area contributed by atoms with E-state index in [1.54, 1.807) is 0 Å². The van der Waals surface area contributed by atoms with E-state index in [0.717, 1.165) is 24.4 Å². The number of hydrogen-bond donors (Lipinski definition) is 0. The number of esters is 1. The molecule has 2 rings (SSSR count). The standard InChI is InChI=1S/C13H14O3/c1-10(14)15-9-8-12-7-6-11-4-2-3-5-13(11)16-12/h2-5,8H,6-7,9H2,1H3. The van der Waals surface area contributed by atoms with Gasteiger partial charge in [0.1, 0.15) is 18.1 Å². The quantitative estimate of drug-likeness (QED) is 0.715. The lowest BCUT2D eigenvalue weighted by Gasteiger charge is -2.19. The molecule has 3 nitrogen and oxygen atoms in total. The van der Waals surface area contributed by atoms with Crippen molar-refractivity contribution >= 4 is 5.97 Å². The number of para-hydroxylation sites is 1. The van der Waals surface area contributed by atoms with Crippen molar-refractivity contribution in [3.63, 3.8) is 0 Å². The zero-order valence-electron chi connectivity index (χ0n) is 9.23. The molecule has 1 aliphatic rings. The Hall–Kier alpha value is -1.77. The first-order valence-electron chi connectivity index (χ1n) is 5.34. The number of benzene rings is 1. The first-order chi connectivity index (χ1) is 7.75. The molecule has 0 aromatic heterocycles. The van der Waals surface area contributed by atoms with Crippen LogP contribution in [0.2, 0.25) is 0 Å². The summed E-state index contributed by atoms with van der Waals surface area (Å²) < 4.78 is 10.5. The molecule has 1 aromatic carbocycles. The van der Waals surface area contributed by atoms with Gasteiger partial charge in [0.25, 0.3) is 0 Å². The van der Waals surface area contributed by atoms with E-state index in [0.29, 0.717) is 0 Å². The van der Waals surface area contributed by atoms with E-state index in [9.17, 15) is 4.79 Å². The molecule has 0 bridgehead atoms. The number of ether oxygens (including phenoxy) is 2. The second-order valence-electron chi connectivity index (χ2n) is 3.68. The van der Waals surface area contributed by atoms with E-state index in [1.165, 1.54) is 12.5 Å². The van der Waals surface area contributed by atoms with Crippen LogP contribution in [0.1, 0.15) is 18.9 Å². The second kappa shape index (κ2) is 4.84. The van der Waals surface area contributed by atoms with Crippen LogP contribution < -0.4 is 4.74 Å². The van der Waals surface area contributed by atoms with Crippen molar-refractivity contribution in [3.05, 3.63) is 41.7 Å². The minimum atomic E-state index is -0.270. The number of rotatable bonds is 2. The monoisotopic (exact) mass is 218 g/mol. The molecule has 0 saturated carbocycles. The van der Waals surface area contributed by atoms with Crippen molar-refractivity contribution in [3.8, 4) is 5.75 Å². The van der Waals surface area contributed by atoms with Crippen LogP contribution in [0.15, 0.2) is 36.1 Å². The van der Waals surface area contributed by atoms with Crippen LogP contribution >= 0.6 is 0 Å². The Labute approximate surface area is 94.7 Å². The van der Waals surface area contributed by atoms with E-state index < -0.39 is 0 Å². The molecule has 1 aromatic rings. The van der Waals surface area contributed by atoms with E-state index in [4.69, 9.17) is 9.47 Å². The summed E-state index contributed by atoms with van der Waals surface area (Å²) in [4.78, 5) is 10.6. The molecule has 0 N–H and O–H groups in total. The van der Waals surface area contributed by atoms with Crippen LogP contribution in [0, 0.1) is 0 Å². The predicted octanol–water partition coefficient (Wildman–Crippen LogP) is 2.46. The van der Waals surface area contributed by atoms with Gasteiger partial charge in [0.15, 0.2) is 0 Å². The third-order valence-electron chi connectivity index (χ3n) is 2.45. The zero-order chi connectivity index (χ0) is 11.4. The predicted molar refractivity (Wildman–Crippen MR) is 60.1 cm³/mol. The van der Waals surface area contributed by atoms with Crippen molar-refractivity contribution in [2.45, 2.75) is 19.8 Å². The van der Waals surface area contributed by atoms with Crippen molar-refractivity contribution in [1.82, 2.24) is 0 Å². The first-order valence-corrected chi connectivity index (χ1v) is 5.34.